The van der Waals surface area contributed by atoms with Gasteiger partial charge in [0.1, 0.15) is 18.7 Å². The summed E-state index contributed by atoms with van der Waals surface area (Å²) in [5.74, 6) is -3.69. The summed E-state index contributed by atoms with van der Waals surface area (Å²) in [4.78, 5) is 95.4. The smallest absolute Gasteiger partial charge is 0.408 e. The lowest BCUT2D eigenvalue weighted by Gasteiger charge is -2.35. The number of aromatic nitrogens is 2. The van der Waals surface area contributed by atoms with Gasteiger partial charge in [-0.2, -0.15) is 0 Å². The Balaban J connectivity index is 1.40. The molecule has 56 heavy (non-hydrogen) atoms. The number of hydrogen-bond donors (Lipinski definition) is 3. The minimum Gasteiger partial charge on any atom is -0.445 e. The first-order chi connectivity index (χ1) is 26.8. The Hall–Kier alpha value is -5.02. The largest absolute Gasteiger partial charge is 0.445 e. The first-order valence-corrected chi connectivity index (χ1v) is 20.2. The highest BCUT2D eigenvalue weighted by molar-refractivity contribution is 7.17. The molecule has 2 aromatic heterocycles. The van der Waals surface area contributed by atoms with Crippen LogP contribution < -0.4 is 16.0 Å². The Morgan fingerprint density at radius 1 is 1.02 bits per heavy atom. The van der Waals surface area contributed by atoms with E-state index in [-0.39, 0.29) is 42.9 Å². The molecule has 5 atom stereocenters. The molecule has 0 saturated carbocycles. The molecule has 0 spiro atoms. The summed E-state index contributed by atoms with van der Waals surface area (Å²) in [6.07, 6.45) is 6.27. The highest BCUT2D eigenvalue weighted by Crippen LogP contribution is 2.30. The lowest BCUT2D eigenvalue weighted by molar-refractivity contribution is -0.142. The molecular weight excluding hydrogens is 735 g/mol. The average molecular weight is 788 g/mol. The molecule has 2 unspecified atom stereocenters. The van der Waals surface area contributed by atoms with Crippen molar-refractivity contribution in [2.75, 3.05) is 26.2 Å². The predicted molar refractivity (Wildman–Crippen MR) is 211 cm³/mol. The Morgan fingerprint density at radius 3 is 2.34 bits per heavy atom. The average Bonchev–Trinajstić information content (AvgIpc) is 3.96. The number of thiazole rings is 1. The summed E-state index contributed by atoms with van der Waals surface area (Å²) >= 11 is 1.08. The van der Waals surface area contributed by atoms with Gasteiger partial charge >= 0.3 is 6.09 Å². The van der Waals surface area contributed by atoms with Crippen molar-refractivity contribution >= 4 is 46.7 Å². The minimum absolute atomic E-state index is 0.0219. The number of pyridine rings is 1. The second-order valence-electron chi connectivity index (χ2n) is 15.5. The summed E-state index contributed by atoms with van der Waals surface area (Å²) < 4.78 is 5.46. The molecule has 5 rings (SSSR count). The van der Waals surface area contributed by atoms with Gasteiger partial charge in [-0.25, -0.2) is 9.78 Å². The van der Waals surface area contributed by atoms with Crippen LogP contribution in [0.25, 0.3) is 10.4 Å². The zero-order valence-corrected chi connectivity index (χ0v) is 33.6. The molecule has 3 aromatic rings. The highest BCUT2D eigenvalue weighted by Gasteiger charge is 2.47. The monoisotopic (exact) mass is 787 g/mol. The maximum Gasteiger partial charge on any atom is 0.408 e. The predicted octanol–water partition coefficient (Wildman–Crippen LogP) is 4.40. The third-order valence-corrected chi connectivity index (χ3v) is 11.2. The number of ether oxygens (including phenoxy) is 1. The van der Waals surface area contributed by atoms with E-state index >= 15 is 0 Å². The molecule has 4 amide bonds. The number of carbonyl (C=O) groups excluding carboxylic acids is 6. The molecule has 14 nitrogen and oxygen atoms in total. The number of hydrogen-bond acceptors (Lipinski definition) is 11. The zero-order chi connectivity index (χ0) is 40.4. The van der Waals surface area contributed by atoms with E-state index in [1.807, 2.05) is 51.1 Å². The van der Waals surface area contributed by atoms with Gasteiger partial charge in [-0.3, -0.25) is 33.9 Å². The summed E-state index contributed by atoms with van der Waals surface area (Å²) in [7, 11) is 0. The normalized spacial score (nSPS) is 19.3. The molecule has 300 valence electrons. The molecule has 0 radical (unpaired) electrons. The molecular formula is C41H53N7O7S. The quantitative estimate of drug-likeness (QED) is 0.131. The van der Waals surface area contributed by atoms with Gasteiger partial charge in [0.25, 0.3) is 5.78 Å². The molecule has 1 aromatic carbocycles. The molecule has 15 heteroatoms. The van der Waals surface area contributed by atoms with Gasteiger partial charge in [0, 0.05) is 43.6 Å². The van der Waals surface area contributed by atoms with Crippen LogP contribution in [-0.4, -0.2) is 105 Å². The van der Waals surface area contributed by atoms with E-state index in [0.29, 0.717) is 17.8 Å². The molecule has 0 bridgehead atoms. The van der Waals surface area contributed by atoms with Gasteiger partial charge in [0.15, 0.2) is 5.01 Å². The van der Waals surface area contributed by atoms with Gasteiger partial charge in [-0.05, 0) is 73.9 Å². The highest BCUT2D eigenvalue weighted by atomic mass is 32.1. The molecule has 2 fully saturated rings. The molecule has 2 saturated heterocycles. The summed E-state index contributed by atoms with van der Waals surface area (Å²) in [5, 5.41) is 8.32. The van der Waals surface area contributed by atoms with Crippen LogP contribution in [0.2, 0.25) is 0 Å². The number of Topliss-reactive ketones (excluding diaryl/α,β-unsaturated/α-hetero) is 2. The number of nitrogens with zero attached hydrogens (tertiary/aromatic N) is 4. The van der Waals surface area contributed by atoms with Crippen molar-refractivity contribution in [1.82, 2.24) is 35.7 Å². The fraction of sp³-hybridized carbons (Fsp3) is 0.512. The van der Waals surface area contributed by atoms with Crippen LogP contribution in [0.5, 0.6) is 0 Å². The van der Waals surface area contributed by atoms with Crippen LogP contribution in [0, 0.1) is 11.3 Å². The van der Waals surface area contributed by atoms with Crippen molar-refractivity contribution in [3.05, 3.63) is 71.6 Å². The third-order valence-electron chi connectivity index (χ3n) is 10.2. The van der Waals surface area contributed by atoms with E-state index in [9.17, 15) is 28.8 Å². The second kappa shape index (κ2) is 19.2. The number of amides is 4. The van der Waals surface area contributed by atoms with Gasteiger partial charge in [0.05, 0.1) is 10.9 Å². The van der Waals surface area contributed by atoms with Crippen LogP contribution in [0.3, 0.4) is 0 Å². The minimum atomic E-state index is -1.34. The number of likely N-dealkylation sites (tertiary alicyclic amines) is 1. The van der Waals surface area contributed by atoms with Crippen molar-refractivity contribution in [3.63, 3.8) is 0 Å². The number of alkyl carbamates (subject to hydrolysis) is 1. The van der Waals surface area contributed by atoms with Gasteiger partial charge in [0.2, 0.25) is 23.5 Å². The lowest BCUT2D eigenvalue weighted by atomic mass is 9.85. The fourth-order valence-corrected chi connectivity index (χ4v) is 8.12. The van der Waals surface area contributed by atoms with E-state index in [4.69, 9.17) is 4.74 Å². The Morgan fingerprint density at radius 2 is 1.71 bits per heavy atom. The Labute approximate surface area is 332 Å². The maximum absolute atomic E-state index is 14.6. The van der Waals surface area contributed by atoms with E-state index in [1.54, 1.807) is 24.5 Å². The second-order valence-corrected chi connectivity index (χ2v) is 16.5. The van der Waals surface area contributed by atoms with Crippen LogP contribution in [0.1, 0.15) is 82.1 Å². The van der Waals surface area contributed by atoms with Gasteiger partial charge < -0.3 is 25.6 Å². The van der Waals surface area contributed by atoms with E-state index in [2.05, 4.69) is 44.7 Å². The molecule has 3 N–H and O–H groups in total. The molecule has 4 heterocycles. The number of carbonyl (C=O) groups is 6. The number of benzene rings is 1. The van der Waals surface area contributed by atoms with Crippen LogP contribution in [0.4, 0.5) is 4.79 Å². The molecule has 0 aliphatic carbocycles. The fourth-order valence-electron chi connectivity index (χ4n) is 7.26. The molecule has 2 aliphatic rings. The van der Waals surface area contributed by atoms with Crippen LogP contribution in [-0.2, 0) is 30.5 Å². The topological polar surface area (TPSA) is 180 Å². The number of nitrogens with one attached hydrogen (secondary N) is 3. The zero-order valence-electron chi connectivity index (χ0n) is 32.8. The Kier molecular flexibility index (Phi) is 14.5. The van der Waals surface area contributed by atoms with Crippen LogP contribution >= 0.6 is 11.3 Å². The standard InChI is InChI=1S/C41H53N7O7S/c1-6-19-47(20-7-2)29-22-31(48(24-29)39(53)35(41(3,4)5)46-40(54)55-25-26-13-16-42-17-14-26)37(52)45-30(21-28-15-18-43-36(28)51)33(49)34(50)38-44-23-32(56-38)27-11-9-8-10-12-27/h8-14,16-17,23,28-31,35H,6-7,15,18-22,24-25H2,1-5H3,(H,43,51)(H,45,52)(H,46,54)/t28?,29-,30?,31+,35-/m1/s1. The number of rotatable bonds is 17. The molecule has 2 aliphatic heterocycles. The maximum atomic E-state index is 14.6. The lowest BCUT2D eigenvalue weighted by Crippen LogP contribution is -2.59. The first-order valence-electron chi connectivity index (χ1n) is 19.3. The van der Waals surface area contributed by atoms with Crippen molar-refractivity contribution in [2.45, 2.75) is 97.5 Å². The van der Waals surface area contributed by atoms with E-state index < -0.39 is 58.9 Å². The summed E-state index contributed by atoms with van der Waals surface area (Å²) in [5.41, 5.74) is 0.782. The third kappa shape index (κ3) is 10.6. The van der Waals surface area contributed by atoms with Gasteiger partial charge in [-0.1, -0.05) is 65.0 Å². The van der Waals surface area contributed by atoms with Crippen LogP contribution in [0.15, 0.2) is 61.1 Å². The summed E-state index contributed by atoms with van der Waals surface area (Å²) in [6.45, 7) is 11.7. The van der Waals surface area contributed by atoms with Crippen molar-refractivity contribution in [2.24, 2.45) is 11.3 Å². The summed E-state index contributed by atoms with van der Waals surface area (Å²) in [6, 6.07) is 9.15. The van der Waals surface area contributed by atoms with E-state index in [1.165, 1.54) is 11.1 Å². The first kappa shape index (κ1) is 42.1. The van der Waals surface area contributed by atoms with Crippen molar-refractivity contribution in [1.29, 1.82) is 0 Å². The Bertz CT molecular complexity index is 1840. The van der Waals surface area contributed by atoms with Crippen molar-refractivity contribution in [3.8, 4) is 10.4 Å². The van der Waals surface area contributed by atoms with Crippen molar-refractivity contribution < 1.29 is 33.5 Å². The number of ketones is 2. The SMILES string of the molecule is CCCN(CCC)[C@@H]1C[C@@H](C(=O)NC(CC2CCNC2=O)C(=O)C(=O)c2ncc(-c3ccccc3)s2)N(C(=O)[C@@H](NC(=O)OCc2ccncc2)C(C)(C)C)C1. The van der Waals surface area contributed by atoms with Gasteiger partial charge in [-0.15, -0.1) is 11.3 Å². The van der Waals surface area contributed by atoms with E-state index in [0.717, 1.165) is 48.4 Å².